The highest BCUT2D eigenvalue weighted by atomic mass is 28.3. The van der Waals surface area contributed by atoms with E-state index < -0.39 is 16.5 Å². The average Bonchev–Trinajstić information content (AvgIpc) is 2.81. The maximum Gasteiger partial charge on any atom is 0.157 e. The monoisotopic (exact) mass is 347 g/mol. The van der Waals surface area contributed by atoms with E-state index in [0.717, 1.165) is 23.5 Å². The Hall–Kier alpha value is -1.48. The van der Waals surface area contributed by atoms with Crippen molar-refractivity contribution < 1.29 is 0 Å². The molecule has 5 nitrogen and oxygen atoms in total. The highest BCUT2D eigenvalue weighted by Crippen LogP contribution is 2.27. The smallest absolute Gasteiger partial charge is 0.157 e. The summed E-state index contributed by atoms with van der Waals surface area (Å²) in [5, 5.41) is 0. The standard InChI is InChI=1S/C16H29N5Si2/c1-13(2)9-10-20(22(3,4)5)15-14-16(18-11-17-15)21(12-19-14)23(6,7)8/h9,11-12H,10H2,1-8H3. The minimum absolute atomic E-state index is 0.879. The average molecular weight is 348 g/mol. The molecule has 0 spiro atoms. The van der Waals surface area contributed by atoms with E-state index in [1.807, 2.05) is 6.33 Å². The number of rotatable bonds is 5. The summed E-state index contributed by atoms with van der Waals surface area (Å²) in [6, 6.07) is 0. The molecular formula is C16H29N5Si2. The predicted molar refractivity (Wildman–Crippen MR) is 104 cm³/mol. The predicted octanol–water partition coefficient (Wildman–Crippen LogP) is 4.12. The molecule has 0 aliphatic carbocycles. The number of allylic oxidation sites excluding steroid dienone is 1. The fourth-order valence-electron chi connectivity index (χ4n) is 2.46. The van der Waals surface area contributed by atoms with Gasteiger partial charge in [-0.05, 0) is 13.8 Å². The van der Waals surface area contributed by atoms with Gasteiger partial charge in [0, 0.05) is 6.54 Å². The molecule has 2 aromatic heterocycles. The highest BCUT2D eigenvalue weighted by molar-refractivity contribution is 6.80. The molecule has 0 atom stereocenters. The number of fused-ring (bicyclic) bond motifs is 1. The molecule has 2 aromatic rings. The molecule has 0 bridgehead atoms. The maximum absolute atomic E-state index is 4.68. The van der Waals surface area contributed by atoms with Crippen molar-refractivity contribution in [3.05, 3.63) is 24.3 Å². The Kier molecular flexibility index (Phi) is 4.82. The number of anilines is 1. The van der Waals surface area contributed by atoms with E-state index in [9.17, 15) is 0 Å². The Morgan fingerprint density at radius 3 is 2.26 bits per heavy atom. The van der Waals surface area contributed by atoms with Gasteiger partial charge in [0.25, 0.3) is 0 Å². The third-order valence-electron chi connectivity index (χ3n) is 3.78. The first-order valence-corrected chi connectivity index (χ1v) is 15.0. The molecule has 0 saturated heterocycles. The topological polar surface area (TPSA) is 46.8 Å². The summed E-state index contributed by atoms with van der Waals surface area (Å²) in [7, 11) is -3.13. The molecule has 0 aliphatic rings. The van der Waals surface area contributed by atoms with Crippen LogP contribution in [0.2, 0.25) is 39.3 Å². The molecule has 23 heavy (non-hydrogen) atoms. The first-order chi connectivity index (χ1) is 10.5. The summed E-state index contributed by atoms with van der Waals surface area (Å²) in [5.74, 6) is 0.976. The van der Waals surface area contributed by atoms with E-state index >= 15 is 0 Å². The van der Waals surface area contributed by atoms with Crippen LogP contribution in [0.25, 0.3) is 11.2 Å². The molecule has 0 fully saturated rings. The van der Waals surface area contributed by atoms with Crippen LogP contribution in [-0.2, 0) is 0 Å². The van der Waals surface area contributed by atoms with Crippen LogP contribution in [0.15, 0.2) is 24.3 Å². The van der Waals surface area contributed by atoms with Crippen LogP contribution in [0.4, 0.5) is 5.82 Å². The molecular weight excluding hydrogens is 318 g/mol. The summed E-state index contributed by atoms with van der Waals surface area (Å²) < 4.78 is 4.70. The van der Waals surface area contributed by atoms with Crippen molar-refractivity contribution >= 4 is 33.5 Å². The van der Waals surface area contributed by atoms with Crippen molar-refractivity contribution in [2.45, 2.75) is 53.1 Å². The van der Waals surface area contributed by atoms with Gasteiger partial charge in [-0.25, -0.2) is 15.0 Å². The largest absolute Gasteiger partial charge is 0.378 e. The van der Waals surface area contributed by atoms with Crippen molar-refractivity contribution in [1.29, 1.82) is 0 Å². The maximum atomic E-state index is 4.68. The number of aromatic nitrogens is 4. The second-order valence-electron chi connectivity index (χ2n) is 8.22. The molecule has 2 heterocycles. The third-order valence-corrected chi connectivity index (χ3v) is 7.57. The molecule has 0 N–H and O–H groups in total. The van der Waals surface area contributed by atoms with Gasteiger partial charge in [-0.3, -0.25) is 0 Å². The summed E-state index contributed by atoms with van der Waals surface area (Å²) >= 11 is 0. The molecule has 0 aliphatic heterocycles. The van der Waals surface area contributed by atoms with Gasteiger partial charge in [0.05, 0.1) is 6.33 Å². The fraction of sp³-hybridized carbons (Fsp3) is 0.562. The summed E-state index contributed by atoms with van der Waals surface area (Å²) in [4.78, 5) is 13.8. The lowest BCUT2D eigenvalue weighted by Gasteiger charge is -2.34. The molecule has 0 radical (unpaired) electrons. The van der Waals surface area contributed by atoms with E-state index in [1.165, 1.54) is 5.57 Å². The van der Waals surface area contributed by atoms with Crippen LogP contribution in [0.3, 0.4) is 0 Å². The SMILES string of the molecule is CC(C)=CCN(c1ncnc2c1ncn2[Si](C)(C)C)[Si](C)(C)C. The van der Waals surface area contributed by atoms with Gasteiger partial charge in [-0.1, -0.05) is 50.9 Å². The Morgan fingerprint density at radius 1 is 1.09 bits per heavy atom. The molecule has 7 heteroatoms. The lowest BCUT2D eigenvalue weighted by atomic mass is 10.3. The highest BCUT2D eigenvalue weighted by Gasteiger charge is 2.28. The van der Waals surface area contributed by atoms with Crippen LogP contribution in [0, 0.1) is 0 Å². The second-order valence-corrected chi connectivity index (χ2v) is 17.9. The fourth-order valence-corrected chi connectivity index (χ4v) is 5.10. The minimum Gasteiger partial charge on any atom is -0.378 e. The molecule has 0 amide bonds. The Labute approximate surface area is 141 Å². The van der Waals surface area contributed by atoms with Gasteiger partial charge in [-0.15, -0.1) is 0 Å². The van der Waals surface area contributed by atoms with E-state index in [-0.39, 0.29) is 0 Å². The van der Waals surface area contributed by atoms with Gasteiger partial charge in [0.15, 0.2) is 19.7 Å². The minimum atomic E-state index is -1.59. The van der Waals surface area contributed by atoms with Crippen molar-refractivity contribution in [2.24, 2.45) is 0 Å². The van der Waals surface area contributed by atoms with Gasteiger partial charge >= 0.3 is 0 Å². The molecule has 0 unspecified atom stereocenters. The summed E-state index contributed by atoms with van der Waals surface area (Å²) in [6.07, 6.45) is 5.89. The Bertz CT molecular complexity index is 718. The lowest BCUT2D eigenvalue weighted by molar-refractivity contribution is 1.05. The van der Waals surface area contributed by atoms with Crippen LogP contribution in [0.1, 0.15) is 13.8 Å². The number of hydrogen-bond acceptors (Lipinski definition) is 4. The second kappa shape index (κ2) is 6.20. The molecule has 2 rings (SSSR count). The van der Waals surface area contributed by atoms with Crippen LogP contribution in [0.5, 0.6) is 0 Å². The zero-order valence-electron chi connectivity index (χ0n) is 15.7. The van der Waals surface area contributed by atoms with E-state index in [2.05, 4.69) is 83.0 Å². The zero-order chi connectivity index (χ0) is 17.4. The Morgan fingerprint density at radius 2 is 1.74 bits per heavy atom. The van der Waals surface area contributed by atoms with Gasteiger partial charge in [-0.2, -0.15) is 0 Å². The van der Waals surface area contributed by atoms with Crippen LogP contribution >= 0.6 is 0 Å². The molecule has 0 saturated carbocycles. The van der Waals surface area contributed by atoms with Crippen molar-refractivity contribution in [3.8, 4) is 0 Å². The van der Waals surface area contributed by atoms with Crippen molar-refractivity contribution in [3.63, 3.8) is 0 Å². The van der Waals surface area contributed by atoms with Crippen molar-refractivity contribution in [2.75, 3.05) is 11.1 Å². The van der Waals surface area contributed by atoms with Crippen LogP contribution in [-0.4, -0.2) is 42.2 Å². The normalized spacial score (nSPS) is 12.5. The van der Waals surface area contributed by atoms with Crippen molar-refractivity contribution in [1.82, 2.24) is 19.2 Å². The quantitative estimate of drug-likeness (QED) is 0.603. The number of imidazole rings is 1. The van der Waals surface area contributed by atoms with Gasteiger partial charge < -0.3 is 8.80 Å². The third kappa shape index (κ3) is 3.89. The van der Waals surface area contributed by atoms with E-state index in [4.69, 9.17) is 0 Å². The molecule has 0 aromatic carbocycles. The Balaban J connectivity index is 2.60. The first-order valence-electron chi connectivity index (χ1n) is 8.11. The summed E-state index contributed by atoms with van der Waals surface area (Å²) in [6.45, 7) is 19.1. The van der Waals surface area contributed by atoms with Gasteiger partial charge in [0.2, 0.25) is 0 Å². The summed E-state index contributed by atoms with van der Waals surface area (Å²) in [5.41, 5.74) is 3.22. The number of hydrogen-bond donors (Lipinski definition) is 0. The van der Waals surface area contributed by atoms with Crippen LogP contribution < -0.4 is 4.57 Å². The van der Waals surface area contributed by atoms with E-state index in [1.54, 1.807) is 6.33 Å². The zero-order valence-corrected chi connectivity index (χ0v) is 17.7. The van der Waals surface area contributed by atoms with Gasteiger partial charge in [0.1, 0.15) is 20.1 Å². The van der Waals surface area contributed by atoms with E-state index in [0.29, 0.717) is 0 Å². The number of nitrogens with zero attached hydrogens (tertiary/aromatic N) is 5. The first kappa shape index (κ1) is 17.9. The lowest BCUT2D eigenvalue weighted by Crippen LogP contribution is -2.47. The molecule has 126 valence electrons.